The first-order valence-electron chi connectivity index (χ1n) is 5.05. The first-order chi connectivity index (χ1) is 8.99. The third-order valence-corrected chi connectivity index (χ3v) is 2.65. The van der Waals surface area contributed by atoms with E-state index in [0.717, 1.165) is 6.07 Å². The average Bonchev–Trinajstić information content (AvgIpc) is 2.73. The van der Waals surface area contributed by atoms with Crippen molar-refractivity contribution < 1.29 is 15.1 Å². The Morgan fingerprint density at radius 2 is 1.95 bits per heavy atom. The monoisotopic (exact) mass is 262 g/mol. The van der Waals surface area contributed by atoms with Gasteiger partial charge in [-0.3, -0.25) is 10.1 Å². The van der Waals surface area contributed by atoms with Crippen molar-refractivity contribution >= 4 is 27.8 Å². The van der Waals surface area contributed by atoms with Crippen molar-refractivity contribution in [2.45, 2.75) is 0 Å². The summed E-state index contributed by atoms with van der Waals surface area (Å²) in [5, 5.41) is 37.1. The van der Waals surface area contributed by atoms with Gasteiger partial charge in [0.05, 0.1) is 4.92 Å². The minimum absolute atomic E-state index is 0.0411. The van der Waals surface area contributed by atoms with Gasteiger partial charge in [0.2, 0.25) is 0 Å². The lowest BCUT2D eigenvalue weighted by Crippen LogP contribution is -1.96. The van der Waals surface area contributed by atoms with Crippen molar-refractivity contribution in [3.05, 3.63) is 16.2 Å². The maximum atomic E-state index is 11.0. The summed E-state index contributed by atoms with van der Waals surface area (Å²) in [5.41, 5.74) is 0.240. The number of aromatic nitrogens is 5. The van der Waals surface area contributed by atoms with Gasteiger partial charge in [-0.05, 0) is 0 Å². The Balaban J connectivity index is 2.60. The van der Waals surface area contributed by atoms with Crippen LogP contribution in [0, 0.1) is 10.1 Å². The maximum Gasteiger partial charge on any atom is 0.301 e. The van der Waals surface area contributed by atoms with Crippen LogP contribution in [0.4, 0.5) is 5.69 Å². The number of nitro groups is 1. The molecule has 2 aromatic heterocycles. The van der Waals surface area contributed by atoms with Crippen molar-refractivity contribution in [3.8, 4) is 11.8 Å². The summed E-state index contributed by atoms with van der Waals surface area (Å²) in [4.78, 5) is 17.8. The Labute approximate surface area is 104 Å². The molecular weight excluding hydrogens is 256 g/mol. The number of non-ortho nitro benzene ring substituents is 1. The summed E-state index contributed by atoms with van der Waals surface area (Å²) < 4.78 is 1.29. The van der Waals surface area contributed by atoms with Crippen molar-refractivity contribution in [2.75, 3.05) is 0 Å². The van der Waals surface area contributed by atoms with E-state index in [0.29, 0.717) is 0 Å². The van der Waals surface area contributed by atoms with Crippen LogP contribution in [0.5, 0.6) is 11.8 Å². The highest BCUT2D eigenvalue weighted by Gasteiger charge is 2.22. The van der Waals surface area contributed by atoms with Gasteiger partial charge in [0.1, 0.15) is 16.6 Å². The van der Waals surface area contributed by atoms with E-state index in [1.54, 1.807) is 0 Å². The molecule has 0 spiro atoms. The second-order valence-corrected chi connectivity index (χ2v) is 3.80. The second-order valence-electron chi connectivity index (χ2n) is 3.80. The van der Waals surface area contributed by atoms with E-state index in [9.17, 15) is 20.3 Å². The lowest BCUT2D eigenvalue weighted by Gasteiger charge is -2.02. The number of aryl methyl sites for hydroxylation is 1. The normalized spacial score (nSPS) is 11.2. The van der Waals surface area contributed by atoms with Crippen LogP contribution < -0.4 is 0 Å². The van der Waals surface area contributed by atoms with E-state index in [-0.39, 0.29) is 27.8 Å². The van der Waals surface area contributed by atoms with Crippen LogP contribution in [0.25, 0.3) is 22.1 Å². The number of rotatable bonds is 1. The molecule has 2 heterocycles. The zero-order valence-corrected chi connectivity index (χ0v) is 9.47. The molecule has 1 aromatic carbocycles. The molecule has 3 rings (SSSR count). The smallest absolute Gasteiger partial charge is 0.301 e. The summed E-state index contributed by atoms with van der Waals surface area (Å²) in [6.45, 7) is 0. The van der Waals surface area contributed by atoms with Gasteiger partial charge in [-0.25, -0.2) is 14.6 Å². The summed E-state index contributed by atoms with van der Waals surface area (Å²) in [7, 11) is 1.53. The molecule has 19 heavy (non-hydrogen) atoms. The van der Waals surface area contributed by atoms with E-state index >= 15 is 0 Å². The van der Waals surface area contributed by atoms with Crippen LogP contribution in [0.2, 0.25) is 0 Å². The zero-order valence-electron chi connectivity index (χ0n) is 9.47. The van der Waals surface area contributed by atoms with Crippen molar-refractivity contribution in [1.82, 2.24) is 25.0 Å². The predicted octanol–water partition coefficient (Wildman–Crippen LogP) is 0.231. The topological polar surface area (TPSA) is 140 Å². The molecule has 0 fully saturated rings. The van der Waals surface area contributed by atoms with Gasteiger partial charge in [0.15, 0.2) is 5.52 Å². The highest BCUT2D eigenvalue weighted by atomic mass is 16.6. The Bertz CT molecular complexity index is 842. The number of benzene rings is 1. The molecule has 0 atom stereocenters. The third-order valence-electron chi connectivity index (χ3n) is 2.65. The highest BCUT2D eigenvalue weighted by Crippen LogP contribution is 2.32. The quantitative estimate of drug-likeness (QED) is 0.469. The van der Waals surface area contributed by atoms with Gasteiger partial charge < -0.3 is 10.2 Å². The van der Waals surface area contributed by atoms with E-state index in [4.69, 9.17) is 0 Å². The third kappa shape index (κ3) is 1.43. The molecule has 0 aliphatic rings. The summed E-state index contributed by atoms with van der Waals surface area (Å²) in [6.07, 6.45) is 0. The summed E-state index contributed by atoms with van der Waals surface area (Å²) in [6, 6.07) is 1.12. The van der Waals surface area contributed by atoms with Gasteiger partial charge in [-0.2, -0.15) is 0 Å². The SMILES string of the molecule is Cn1nnc2c([N+](=O)[O-])cc3nc(O)c(O)nc3c21. The first-order valence-corrected chi connectivity index (χ1v) is 5.05. The molecule has 0 aliphatic carbocycles. The maximum absolute atomic E-state index is 11.0. The first kappa shape index (κ1) is 11.1. The number of hydrogen-bond acceptors (Lipinski definition) is 8. The zero-order chi connectivity index (χ0) is 13.7. The molecule has 0 amide bonds. The molecule has 3 aromatic rings. The van der Waals surface area contributed by atoms with Gasteiger partial charge >= 0.3 is 5.69 Å². The molecule has 10 heteroatoms. The molecule has 0 bridgehead atoms. The van der Waals surface area contributed by atoms with E-state index in [1.807, 2.05) is 0 Å². The number of aromatic hydroxyl groups is 2. The fourth-order valence-electron chi connectivity index (χ4n) is 1.84. The Morgan fingerprint density at radius 1 is 1.26 bits per heavy atom. The minimum atomic E-state index is -0.698. The molecule has 0 radical (unpaired) electrons. The van der Waals surface area contributed by atoms with Crippen LogP contribution in [0.1, 0.15) is 0 Å². The van der Waals surface area contributed by atoms with Crippen molar-refractivity contribution in [3.63, 3.8) is 0 Å². The minimum Gasteiger partial charge on any atom is -0.489 e. The van der Waals surface area contributed by atoms with Crippen molar-refractivity contribution in [2.24, 2.45) is 7.05 Å². The lowest BCUT2D eigenvalue weighted by molar-refractivity contribution is -0.383. The standard InChI is InChI=1S/C9H6N6O4/c1-14-7-5-3(10-8(16)9(17)11-5)2-4(15(18)19)6(7)12-13-14/h2H,1H3,(H,10,16)(H,11,17). The number of fused-ring (bicyclic) bond motifs is 3. The fourth-order valence-corrected chi connectivity index (χ4v) is 1.84. The largest absolute Gasteiger partial charge is 0.489 e. The molecule has 0 aliphatic heterocycles. The predicted molar refractivity (Wildman–Crippen MR) is 61.6 cm³/mol. The molecule has 96 valence electrons. The number of nitro benzene ring substituents is 1. The van der Waals surface area contributed by atoms with Crippen molar-refractivity contribution in [1.29, 1.82) is 0 Å². The van der Waals surface area contributed by atoms with Gasteiger partial charge in [0, 0.05) is 13.1 Å². The van der Waals surface area contributed by atoms with Gasteiger partial charge in [-0.15, -0.1) is 5.10 Å². The highest BCUT2D eigenvalue weighted by molar-refractivity contribution is 6.04. The molecule has 0 saturated heterocycles. The van der Waals surface area contributed by atoms with E-state index in [1.165, 1.54) is 11.7 Å². The molecule has 2 N–H and O–H groups in total. The lowest BCUT2D eigenvalue weighted by atomic mass is 10.2. The molecular formula is C9H6N6O4. The number of nitrogens with zero attached hydrogens (tertiary/aromatic N) is 6. The van der Waals surface area contributed by atoms with Crippen LogP contribution in [-0.4, -0.2) is 40.1 Å². The van der Waals surface area contributed by atoms with Crippen LogP contribution in [0.15, 0.2) is 6.07 Å². The van der Waals surface area contributed by atoms with Gasteiger partial charge in [-0.1, -0.05) is 5.21 Å². The molecule has 0 saturated carbocycles. The van der Waals surface area contributed by atoms with Gasteiger partial charge in [0.25, 0.3) is 11.8 Å². The van der Waals surface area contributed by atoms with E-state index in [2.05, 4.69) is 20.3 Å². The Kier molecular flexibility index (Phi) is 2.03. The second kappa shape index (κ2) is 3.48. The van der Waals surface area contributed by atoms with Crippen LogP contribution in [-0.2, 0) is 7.05 Å². The van der Waals surface area contributed by atoms with Crippen LogP contribution in [0.3, 0.4) is 0 Å². The summed E-state index contributed by atoms with van der Waals surface area (Å²) in [5.74, 6) is -1.36. The molecule has 0 unspecified atom stereocenters. The summed E-state index contributed by atoms with van der Waals surface area (Å²) >= 11 is 0. The fraction of sp³-hybridized carbons (Fsp3) is 0.111. The van der Waals surface area contributed by atoms with Crippen LogP contribution >= 0.6 is 0 Å². The average molecular weight is 262 g/mol. The number of hydrogen-bond donors (Lipinski definition) is 2. The Hall–Kier alpha value is -3.04. The van der Waals surface area contributed by atoms with E-state index < -0.39 is 16.7 Å². The molecule has 10 nitrogen and oxygen atoms in total. The Morgan fingerprint density at radius 3 is 2.63 bits per heavy atom.